The standard InChI is InChI=1S/C21H22N4O5/c1-4-29-16-7-8-17(19(12-16)25(27)28)22-21(26)18-9-10-24(23-18)13-30-20-11-14(2)5-6-15(20)3/h5-12H,4,13H2,1-3H3,(H,22,26). The van der Waals surface area contributed by atoms with Crippen molar-refractivity contribution in [1.82, 2.24) is 9.78 Å². The molecule has 0 aliphatic heterocycles. The lowest BCUT2D eigenvalue weighted by Gasteiger charge is -2.10. The van der Waals surface area contributed by atoms with Gasteiger partial charge in [0.2, 0.25) is 0 Å². The summed E-state index contributed by atoms with van der Waals surface area (Å²) >= 11 is 0. The van der Waals surface area contributed by atoms with Crippen LogP contribution in [0, 0.1) is 24.0 Å². The molecule has 0 saturated heterocycles. The number of aromatic nitrogens is 2. The van der Waals surface area contributed by atoms with Crippen molar-refractivity contribution in [2.24, 2.45) is 0 Å². The largest absolute Gasteiger partial charge is 0.494 e. The Hall–Kier alpha value is -3.88. The van der Waals surface area contributed by atoms with E-state index in [2.05, 4.69) is 10.4 Å². The van der Waals surface area contributed by atoms with Crippen molar-refractivity contribution >= 4 is 17.3 Å². The Kier molecular flexibility index (Phi) is 6.31. The molecule has 0 unspecified atom stereocenters. The molecule has 0 radical (unpaired) electrons. The number of hydrogen-bond acceptors (Lipinski definition) is 6. The van der Waals surface area contributed by atoms with Crippen LogP contribution in [-0.2, 0) is 6.73 Å². The van der Waals surface area contributed by atoms with E-state index in [0.29, 0.717) is 12.4 Å². The highest BCUT2D eigenvalue weighted by Gasteiger charge is 2.19. The maximum atomic E-state index is 12.5. The summed E-state index contributed by atoms with van der Waals surface area (Å²) in [6.45, 7) is 6.20. The van der Waals surface area contributed by atoms with Crippen LogP contribution in [0.4, 0.5) is 11.4 Å². The third kappa shape index (κ3) is 4.93. The molecule has 0 fully saturated rings. The minimum Gasteiger partial charge on any atom is -0.494 e. The highest BCUT2D eigenvalue weighted by atomic mass is 16.6. The lowest BCUT2D eigenvalue weighted by atomic mass is 10.1. The molecule has 0 atom stereocenters. The first-order valence-electron chi connectivity index (χ1n) is 9.33. The topological polar surface area (TPSA) is 109 Å². The van der Waals surface area contributed by atoms with Crippen molar-refractivity contribution in [3.8, 4) is 11.5 Å². The molecule has 3 rings (SSSR count). The number of amides is 1. The molecule has 30 heavy (non-hydrogen) atoms. The van der Waals surface area contributed by atoms with Crippen LogP contribution in [-0.4, -0.2) is 27.2 Å². The fourth-order valence-corrected chi connectivity index (χ4v) is 2.76. The summed E-state index contributed by atoms with van der Waals surface area (Å²) in [6.07, 6.45) is 1.60. The molecule has 3 aromatic rings. The predicted octanol–water partition coefficient (Wildman–Crippen LogP) is 4.10. The number of carbonyl (C=O) groups excluding carboxylic acids is 1. The lowest BCUT2D eigenvalue weighted by molar-refractivity contribution is -0.384. The van der Waals surface area contributed by atoms with Gasteiger partial charge in [-0.2, -0.15) is 5.10 Å². The molecule has 9 nitrogen and oxygen atoms in total. The van der Waals surface area contributed by atoms with Crippen molar-refractivity contribution in [3.05, 3.63) is 75.6 Å². The first-order chi connectivity index (χ1) is 14.4. The van der Waals surface area contributed by atoms with Gasteiger partial charge in [-0.1, -0.05) is 12.1 Å². The molecular weight excluding hydrogens is 388 g/mol. The fraction of sp³-hybridized carbons (Fsp3) is 0.238. The summed E-state index contributed by atoms with van der Waals surface area (Å²) in [7, 11) is 0. The number of aryl methyl sites for hydroxylation is 2. The number of ether oxygens (including phenoxy) is 2. The molecular formula is C21H22N4O5. The highest BCUT2D eigenvalue weighted by Crippen LogP contribution is 2.29. The van der Waals surface area contributed by atoms with E-state index in [1.807, 2.05) is 32.0 Å². The monoisotopic (exact) mass is 410 g/mol. The second kappa shape index (κ2) is 9.08. The van der Waals surface area contributed by atoms with E-state index in [1.54, 1.807) is 19.2 Å². The summed E-state index contributed by atoms with van der Waals surface area (Å²) in [5.41, 5.74) is 1.99. The number of benzene rings is 2. The first kappa shape index (κ1) is 20.8. The number of rotatable bonds is 8. The molecule has 0 bridgehead atoms. The van der Waals surface area contributed by atoms with Gasteiger partial charge in [-0.05, 0) is 56.2 Å². The van der Waals surface area contributed by atoms with Crippen molar-refractivity contribution in [1.29, 1.82) is 0 Å². The van der Waals surface area contributed by atoms with E-state index in [1.165, 1.54) is 22.9 Å². The Morgan fingerprint density at radius 3 is 2.70 bits per heavy atom. The normalized spacial score (nSPS) is 10.5. The molecule has 156 valence electrons. The summed E-state index contributed by atoms with van der Waals surface area (Å²) in [5, 5.41) is 18.0. The van der Waals surface area contributed by atoms with Gasteiger partial charge in [-0.15, -0.1) is 0 Å². The molecule has 1 aromatic heterocycles. The minimum absolute atomic E-state index is 0.0645. The third-order valence-electron chi connectivity index (χ3n) is 4.29. The zero-order valence-corrected chi connectivity index (χ0v) is 16.9. The minimum atomic E-state index is -0.575. The molecule has 0 aliphatic rings. The van der Waals surface area contributed by atoms with E-state index < -0.39 is 10.8 Å². The Morgan fingerprint density at radius 2 is 1.97 bits per heavy atom. The van der Waals surface area contributed by atoms with Crippen molar-refractivity contribution in [2.75, 3.05) is 11.9 Å². The van der Waals surface area contributed by atoms with Gasteiger partial charge in [-0.3, -0.25) is 14.9 Å². The van der Waals surface area contributed by atoms with Crippen molar-refractivity contribution in [3.63, 3.8) is 0 Å². The summed E-state index contributed by atoms with van der Waals surface area (Å²) in [4.78, 5) is 23.3. The number of anilines is 1. The van der Waals surface area contributed by atoms with Crippen LogP contribution in [0.1, 0.15) is 28.5 Å². The molecule has 1 amide bonds. The molecule has 0 spiro atoms. The Labute approximate surface area is 173 Å². The zero-order valence-electron chi connectivity index (χ0n) is 16.9. The smallest absolute Gasteiger partial charge is 0.296 e. The SMILES string of the molecule is CCOc1ccc(NC(=O)c2ccn(COc3cc(C)ccc3C)n2)c([N+](=O)[O-])c1. The third-order valence-corrected chi connectivity index (χ3v) is 4.29. The zero-order chi connectivity index (χ0) is 21.7. The van der Waals surface area contributed by atoms with Gasteiger partial charge >= 0.3 is 0 Å². The van der Waals surface area contributed by atoms with Gasteiger partial charge in [0.15, 0.2) is 12.4 Å². The number of nitro benzene ring substituents is 1. The predicted molar refractivity (Wildman–Crippen MR) is 111 cm³/mol. The average Bonchev–Trinajstić information content (AvgIpc) is 3.19. The maximum absolute atomic E-state index is 12.5. The highest BCUT2D eigenvalue weighted by molar-refractivity contribution is 6.04. The van der Waals surface area contributed by atoms with Crippen LogP contribution >= 0.6 is 0 Å². The van der Waals surface area contributed by atoms with Gasteiger partial charge < -0.3 is 14.8 Å². The van der Waals surface area contributed by atoms with E-state index >= 15 is 0 Å². The number of nitro groups is 1. The Morgan fingerprint density at radius 1 is 1.17 bits per heavy atom. The quantitative estimate of drug-likeness (QED) is 0.442. The van der Waals surface area contributed by atoms with Crippen LogP contribution in [0.5, 0.6) is 11.5 Å². The van der Waals surface area contributed by atoms with Gasteiger partial charge in [0.05, 0.1) is 17.6 Å². The average molecular weight is 410 g/mol. The van der Waals surface area contributed by atoms with E-state index in [-0.39, 0.29) is 23.8 Å². The van der Waals surface area contributed by atoms with Crippen LogP contribution in [0.3, 0.4) is 0 Å². The van der Waals surface area contributed by atoms with E-state index in [9.17, 15) is 14.9 Å². The van der Waals surface area contributed by atoms with Crippen LogP contribution in [0.15, 0.2) is 48.7 Å². The lowest BCUT2D eigenvalue weighted by Crippen LogP contribution is -2.15. The molecule has 1 N–H and O–H groups in total. The van der Waals surface area contributed by atoms with Gasteiger partial charge in [0.25, 0.3) is 11.6 Å². The Balaban J connectivity index is 1.69. The summed E-state index contributed by atoms with van der Waals surface area (Å²) in [5.74, 6) is 0.532. The van der Waals surface area contributed by atoms with Gasteiger partial charge in [0, 0.05) is 6.20 Å². The number of carbonyl (C=O) groups is 1. The molecule has 0 saturated carbocycles. The molecule has 0 aliphatic carbocycles. The maximum Gasteiger partial charge on any atom is 0.296 e. The first-order valence-corrected chi connectivity index (χ1v) is 9.33. The summed E-state index contributed by atoms with van der Waals surface area (Å²) in [6, 6.07) is 11.7. The number of nitrogens with one attached hydrogen (secondary N) is 1. The second-order valence-electron chi connectivity index (χ2n) is 6.61. The molecule has 2 aromatic carbocycles. The van der Waals surface area contributed by atoms with Crippen LogP contribution < -0.4 is 14.8 Å². The molecule has 1 heterocycles. The van der Waals surface area contributed by atoms with Crippen molar-refractivity contribution < 1.29 is 19.2 Å². The summed E-state index contributed by atoms with van der Waals surface area (Å²) < 4.78 is 12.5. The van der Waals surface area contributed by atoms with Gasteiger partial charge in [0.1, 0.15) is 17.2 Å². The van der Waals surface area contributed by atoms with E-state index in [0.717, 1.165) is 16.9 Å². The second-order valence-corrected chi connectivity index (χ2v) is 6.61. The number of hydrogen-bond donors (Lipinski definition) is 1. The van der Waals surface area contributed by atoms with Crippen LogP contribution in [0.25, 0.3) is 0 Å². The fourth-order valence-electron chi connectivity index (χ4n) is 2.76. The Bertz CT molecular complexity index is 1080. The molecule has 9 heteroatoms. The number of nitrogens with zero attached hydrogens (tertiary/aromatic N) is 3. The van der Waals surface area contributed by atoms with E-state index in [4.69, 9.17) is 9.47 Å². The van der Waals surface area contributed by atoms with Gasteiger partial charge in [-0.25, -0.2) is 4.68 Å². The van der Waals surface area contributed by atoms with Crippen LogP contribution in [0.2, 0.25) is 0 Å². The van der Waals surface area contributed by atoms with Crippen molar-refractivity contribution in [2.45, 2.75) is 27.5 Å².